The van der Waals surface area contributed by atoms with Crippen LogP contribution in [0, 0.1) is 0 Å². The van der Waals surface area contributed by atoms with E-state index in [1.807, 2.05) is 12.2 Å². The number of rotatable bonds is 4. The van der Waals surface area contributed by atoms with Crippen molar-refractivity contribution >= 4 is 34.4 Å². The molecule has 0 saturated carbocycles. The summed E-state index contributed by atoms with van der Waals surface area (Å²) in [6.07, 6.45) is 10.5. The molecule has 0 bridgehead atoms. The fourth-order valence-corrected chi connectivity index (χ4v) is 2.49. The third kappa shape index (κ3) is 4.01. The summed E-state index contributed by atoms with van der Waals surface area (Å²) in [4.78, 5) is 17.6. The van der Waals surface area contributed by atoms with Gasteiger partial charge in [-0.2, -0.15) is 0 Å². The zero-order valence-electron chi connectivity index (χ0n) is 13.1. The van der Waals surface area contributed by atoms with Gasteiger partial charge in [-0.3, -0.25) is 0 Å². The predicted molar refractivity (Wildman–Crippen MR) is 91.6 cm³/mol. The highest BCUT2D eigenvalue weighted by Gasteiger charge is 2.18. The quantitative estimate of drug-likeness (QED) is 0.776. The Hall–Kier alpha value is -2.54. The number of nitrogens with zero attached hydrogens (tertiary/aromatic N) is 4. The van der Waals surface area contributed by atoms with E-state index in [4.69, 9.17) is 4.42 Å². The fourth-order valence-electron chi connectivity index (χ4n) is 1.76. The first-order valence-corrected chi connectivity index (χ1v) is 7.95. The van der Waals surface area contributed by atoms with Gasteiger partial charge in [-0.15, -0.1) is 0 Å². The van der Waals surface area contributed by atoms with Gasteiger partial charge in [-0.25, -0.2) is 19.9 Å². The molecule has 3 rings (SSSR count). The van der Waals surface area contributed by atoms with Gasteiger partial charge in [-0.1, -0.05) is 32.1 Å². The summed E-state index contributed by atoms with van der Waals surface area (Å²) in [7, 11) is 0. The molecule has 0 aliphatic carbocycles. The molecule has 1 N–H and O–H groups in total. The lowest BCUT2D eigenvalue weighted by atomic mass is 9.94. The van der Waals surface area contributed by atoms with Gasteiger partial charge in [0.1, 0.15) is 17.9 Å². The Bertz CT molecular complexity index is 801. The lowest BCUT2D eigenvalue weighted by molar-refractivity contribution is 0.403. The predicted octanol–water partition coefficient (Wildman–Crippen LogP) is 4.13. The molecule has 3 heterocycles. The van der Waals surface area contributed by atoms with E-state index in [1.165, 1.54) is 17.7 Å². The second kappa shape index (κ2) is 6.29. The molecule has 0 amide bonds. The van der Waals surface area contributed by atoms with Crippen LogP contribution in [0.3, 0.4) is 0 Å². The van der Waals surface area contributed by atoms with Gasteiger partial charge in [-0.05, 0) is 12.1 Å². The van der Waals surface area contributed by atoms with Crippen molar-refractivity contribution in [2.45, 2.75) is 26.2 Å². The Morgan fingerprint density at radius 1 is 1.13 bits per heavy atom. The Morgan fingerprint density at radius 2 is 2.00 bits per heavy atom. The van der Waals surface area contributed by atoms with E-state index >= 15 is 0 Å². The number of thiazole rings is 1. The second-order valence-corrected chi connectivity index (χ2v) is 7.00. The molecule has 0 unspecified atom stereocenters. The van der Waals surface area contributed by atoms with Crippen molar-refractivity contribution in [3.63, 3.8) is 0 Å². The molecule has 0 fully saturated rings. The van der Waals surface area contributed by atoms with Gasteiger partial charge in [0.05, 0.1) is 6.20 Å². The molecule has 3 aromatic heterocycles. The number of aromatic nitrogens is 4. The Balaban J connectivity index is 1.68. The summed E-state index contributed by atoms with van der Waals surface area (Å²) in [5.41, 5.74) is -0.0434. The van der Waals surface area contributed by atoms with Gasteiger partial charge in [0, 0.05) is 28.8 Å². The van der Waals surface area contributed by atoms with Crippen molar-refractivity contribution in [2.24, 2.45) is 0 Å². The minimum atomic E-state index is -0.0434. The lowest BCUT2D eigenvalue weighted by Gasteiger charge is -2.12. The van der Waals surface area contributed by atoms with E-state index in [-0.39, 0.29) is 5.41 Å². The molecule has 3 aromatic rings. The number of oxazole rings is 1. The number of anilines is 2. The Morgan fingerprint density at radius 3 is 2.70 bits per heavy atom. The minimum absolute atomic E-state index is 0.0434. The molecular formula is C16H17N5OS. The van der Waals surface area contributed by atoms with Crippen LogP contribution in [0.4, 0.5) is 10.9 Å². The summed E-state index contributed by atoms with van der Waals surface area (Å²) >= 11 is 1.52. The maximum atomic E-state index is 5.73. The maximum Gasteiger partial charge on any atom is 0.218 e. The molecule has 7 heteroatoms. The van der Waals surface area contributed by atoms with Crippen molar-refractivity contribution in [3.05, 3.63) is 47.5 Å². The average molecular weight is 327 g/mol. The first-order valence-electron chi connectivity index (χ1n) is 7.14. The van der Waals surface area contributed by atoms with Crippen LogP contribution in [-0.4, -0.2) is 19.9 Å². The van der Waals surface area contributed by atoms with Crippen LogP contribution in [0.25, 0.3) is 12.2 Å². The van der Waals surface area contributed by atoms with E-state index in [1.54, 1.807) is 24.7 Å². The van der Waals surface area contributed by atoms with E-state index in [0.717, 1.165) is 15.8 Å². The third-order valence-corrected chi connectivity index (χ3v) is 3.87. The summed E-state index contributed by atoms with van der Waals surface area (Å²) in [5, 5.41) is 3.90. The van der Waals surface area contributed by atoms with E-state index in [2.05, 4.69) is 46.0 Å². The van der Waals surface area contributed by atoms with Crippen LogP contribution in [-0.2, 0) is 5.41 Å². The van der Waals surface area contributed by atoms with Gasteiger partial charge in [0.25, 0.3) is 0 Å². The van der Waals surface area contributed by atoms with E-state index < -0.39 is 0 Å². The van der Waals surface area contributed by atoms with Crippen LogP contribution >= 0.6 is 11.3 Å². The normalized spacial score (nSPS) is 12.0. The Labute approximate surface area is 138 Å². The number of hydrogen-bond acceptors (Lipinski definition) is 7. The molecule has 118 valence electrons. The molecule has 0 aliphatic rings. The summed E-state index contributed by atoms with van der Waals surface area (Å²) < 4.78 is 5.73. The zero-order valence-corrected chi connectivity index (χ0v) is 14.0. The highest BCUT2D eigenvalue weighted by Crippen LogP contribution is 2.25. The van der Waals surface area contributed by atoms with Gasteiger partial charge < -0.3 is 9.73 Å². The monoisotopic (exact) mass is 327 g/mol. The number of hydrogen-bond donors (Lipinski definition) is 1. The average Bonchev–Trinajstić information content (AvgIpc) is 3.15. The number of nitrogens with one attached hydrogen (secondary N) is 1. The van der Waals surface area contributed by atoms with Gasteiger partial charge >= 0.3 is 0 Å². The highest BCUT2D eigenvalue weighted by molar-refractivity contribution is 7.16. The smallest absolute Gasteiger partial charge is 0.218 e. The minimum Gasteiger partial charge on any atom is -0.441 e. The van der Waals surface area contributed by atoms with Crippen LogP contribution in [0.1, 0.15) is 37.3 Å². The molecule has 0 aromatic carbocycles. The molecule has 0 radical (unpaired) electrons. The zero-order chi connectivity index (χ0) is 16.3. The highest BCUT2D eigenvalue weighted by atomic mass is 32.1. The molecule has 0 saturated heterocycles. The lowest BCUT2D eigenvalue weighted by Crippen LogP contribution is -2.09. The maximum absolute atomic E-state index is 5.73. The molecular weight excluding hydrogens is 310 g/mol. The largest absolute Gasteiger partial charge is 0.441 e. The van der Waals surface area contributed by atoms with Gasteiger partial charge in [0.15, 0.2) is 5.13 Å². The standard InChI is InChI=1S/C16H17N5OS/c1-16(2,3)12-9-18-14(22-12)5-4-11-8-19-15(23-11)21-13-6-7-17-10-20-13/h4-10H,1-3H3,(H,17,19,20,21)/b5-4+. The van der Waals surface area contributed by atoms with Crippen molar-refractivity contribution in [3.8, 4) is 0 Å². The van der Waals surface area contributed by atoms with Crippen LogP contribution in [0.5, 0.6) is 0 Å². The fraction of sp³-hybridized carbons (Fsp3) is 0.250. The van der Waals surface area contributed by atoms with Crippen LogP contribution in [0.2, 0.25) is 0 Å². The van der Waals surface area contributed by atoms with Crippen molar-refractivity contribution in [2.75, 3.05) is 5.32 Å². The molecule has 0 atom stereocenters. The van der Waals surface area contributed by atoms with Crippen molar-refractivity contribution in [1.29, 1.82) is 0 Å². The van der Waals surface area contributed by atoms with Gasteiger partial charge in [0.2, 0.25) is 5.89 Å². The molecule has 0 spiro atoms. The van der Waals surface area contributed by atoms with Crippen molar-refractivity contribution in [1.82, 2.24) is 19.9 Å². The van der Waals surface area contributed by atoms with Crippen LogP contribution in [0.15, 0.2) is 35.4 Å². The van der Waals surface area contributed by atoms with E-state index in [0.29, 0.717) is 11.7 Å². The third-order valence-electron chi connectivity index (χ3n) is 2.99. The molecule has 23 heavy (non-hydrogen) atoms. The van der Waals surface area contributed by atoms with Crippen LogP contribution < -0.4 is 5.32 Å². The first-order chi connectivity index (χ1) is 11.0. The topological polar surface area (TPSA) is 76.7 Å². The Kier molecular flexibility index (Phi) is 4.20. The first kappa shape index (κ1) is 15.4. The SMILES string of the molecule is CC(C)(C)c1cnc(/C=C/c2cnc(Nc3ccncn3)s2)o1. The van der Waals surface area contributed by atoms with E-state index in [9.17, 15) is 0 Å². The van der Waals surface area contributed by atoms with Crippen molar-refractivity contribution < 1.29 is 4.42 Å². The summed E-state index contributed by atoms with van der Waals surface area (Å²) in [6.45, 7) is 6.28. The summed E-state index contributed by atoms with van der Waals surface area (Å²) in [5.74, 6) is 2.17. The summed E-state index contributed by atoms with van der Waals surface area (Å²) in [6, 6.07) is 1.79. The molecule has 0 aliphatic heterocycles. The second-order valence-electron chi connectivity index (χ2n) is 5.93. The molecule has 6 nitrogen and oxygen atoms in total.